The molecule has 1 rings (SSSR count). The molecule has 0 saturated heterocycles. The Morgan fingerprint density at radius 1 is 1.50 bits per heavy atom. The van der Waals surface area contributed by atoms with Crippen LogP contribution in [0.4, 0.5) is 4.39 Å². The van der Waals surface area contributed by atoms with Gasteiger partial charge in [-0.05, 0) is 12.0 Å². The number of aromatic hydroxyl groups is 1. The van der Waals surface area contributed by atoms with Crippen LogP contribution in [0.25, 0.3) is 0 Å². The van der Waals surface area contributed by atoms with Gasteiger partial charge in [0.1, 0.15) is 12.4 Å². The molecule has 0 aliphatic heterocycles. The number of phenols is 1. The molecule has 1 aromatic rings. The minimum Gasteiger partial charge on any atom is -0.507 e. The topological polar surface area (TPSA) is 46.2 Å². The highest BCUT2D eigenvalue weighted by Gasteiger charge is 2.12. The van der Waals surface area contributed by atoms with Gasteiger partial charge in [0.2, 0.25) is 0 Å². The number of hydrogen-bond donors (Lipinski definition) is 2. The van der Waals surface area contributed by atoms with Gasteiger partial charge in [-0.15, -0.1) is 12.4 Å². The largest absolute Gasteiger partial charge is 0.507 e. The van der Waals surface area contributed by atoms with E-state index in [0.29, 0.717) is 5.56 Å². The molecule has 0 aliphatic rings. The maximum atomic E-state index is 12.3. The molecule has 0 spiro atoms. The molecular formula is C10H15ClFNO. The number of benzene rings is 1. The molecule has 0 unspecified atom stereocenters. The Morgan fingerprint density at radius 3 is 2.64 bits per heavy atom. The van der Waals surface area contributed by atoms with E-state index in [-0.39, 0.29) is 18.2 Å². The summed E-state index contributed by atoms with van der Waals surface area (Å²) in [6.45, 7) is 1.28. The summed E-state index contributed by atoms with van der Waals surface area (Å²) >= 11 is 0. The predicted molar refractivity (Wildman–Crippen MR) is 57.6 cm³/mol. The summed E-state index contributed by atoms with van der Waals surface area (Å²) in [4.78, 5) is 0. The molecule has 0 bridgehead atoms. The molecule has 3 N–H and O–H groups in total. The van der Waals surface area contributed by atoms with Gasteiger partial charge in [0, 0.05) is 5.56 Å². The van der Waals surface area contributed by atoms with Crippen LogP contribution in [0.15, 0.2) is 18.2 Å². The Bertz CT molecular complexity index is 293. The lowest BCUT2D eigenvalue weighted by Crippen LogP contribution is -2.12. The van der Waals surface area contributed by atoms with Gasteiger partial charge >= 0.3 is 0 Å². The lowest BCUT2D eigenvalue weighted by Gasteiger charge is -2.12. The third-order valence-corrected chi connectivity index (χ3v) is 2.10. The van der Waals surface area contributed by atoms with E-state index in [9.17, 15) is 9.50 Å². The molecule has 1 atom stereocenters. The first-order valence-corrected chi connectivity index (χ1v) is 4.33. The van der Waals surface area contributed by atoms with Crippen molar-refractivity contribution in [3.8, 4) is 5.75 Å². The van der Waals surface area contributed by atoms with Gasteiger partial charge in [0.25, 0.3) is 0 Å². The third-order valence-electron chi connectivity index (χ3n) is 2.10. The van der Waals surface area contributed by atoms with Crippen molar-refractivity contribution in [2.75, 3.05) is 6.67 Å². The normalized spacial score (nSPS) is 11.9. The van der Waals surface area contributed by atoms with Crippen molar-refractivity contribution in [1.82, 2.24) is 0 Å². The molecular weight excluding hydrogens is 205 g/mol. The highest BCUT2D eigenvalue weighted by molar-refractivity contribution is 5.85. The maximum absolute atomic E-state index is 12.3. The zero-order valence-corrected chi connectivity index (χ0v) is 8.85. The summed E-state index contributed by atoms with van der Waals surface area (Å²) < 4.78 is 12.3. The van der Waals surface area contributed by atoms with Crippen LogP contribution in [0.2, 0.25) is 0 Å². The average molecular weight is 220 g/mol. The number of para-hydroxylation sites is 1. The van der Waals surface area contributed by atoms with Gasteiger partial charge in [0.15, 0.2) is 0 Å². The first kappa shape index (κ1) is 13.2. The summed E-state index contributed by atoms with van der Waals surface area (Å²) in [7, 11) is 0. The van der Waals surface area contributed by atoms with E-state index in [1.54, 1.807) is 12.1 Å². The minimum atomic E-state index is -0.716. The molecule has 80 valence electrons. The number of phenolic OH excluding ortho intramolecular Hbond substituents is 1. The van der Waals surface area contributed by atoms with Crippen molar-refractivity contribution in [2.24, 2.45) is 5.73 Å². The first-order valence-electron chi connectivity index (χ1n) is 4.33. The summed E-state index contributed by atoms with van der Waals surface area (Å²) in [6, 6.07) is 4.53. The molecule has 1 aromatic carbocycles. The maximum Gasteiger partial charge on any atom is 0.123 e. The monoisotopic (exact) mass is 219 g/mol. The number of halogens is 2. The Balaban J connectivity index is 0.00000169. The van der Waals surface area contributed by atoms with Crippen molar-refractivity contribution in [2.45, 2.75) is 19.4 Å². The molecule has 0 saturated carbocycles. The number of alkyl halides is 1. The standard InChI is InChI=1S/C10H14FNO.ClH/c1-2-7-4-3-5-8(10(7)13)9(12)6-11;/h3-5,9,13H,2,6,12H2,1H3;1H/t9-;/m0./s1. The Labute approximate surface area is 89.3 Å². The van der Waals surface area contributed by atoms with Crippen molar-refractivity contribution in [3.05, 3.63) is 29.3 Å². The molecule has 0 heterocycles. The SMILES string of the molecule is CCc1cccc([C@@H](N)CF)c1O.Cl. The van der Waals surface area contributed by atoms with E-state index in [1.807, 2.05) is 13.0 Å². The van der Waals surface area contributed by atoms with Gasteiger partial charge in [-0.3, -0.25) is 0 Å². The van der Waals surface area contributed by atoms with Gasteiger partial charge in [-0.1, -0.05) is 25.1 Å². The quantitative estimate of drug-likeness (QED) is 0.820. The highest BCUT2D eigenvalue weighted by atomic mass is 35.5. The fraction of sp³-hybridized carbons (Fsp3) is 0.400. The van der Waals surface area contributed by atoms with E-state index >= 15 is 0 Å². The second kappa shape index (κ2) is 5.83. The Hall–Kier alpha value is -0.800. The van der Waals surface area contributed by atoms with E-state index in [4.69, 9.17) is 5.73 Å². The zero-order valence-electron chi connectivity index (χ0n) is 8.03. The molecule has 4 heteroatoms. The number of nitrogens with two attached hydrogens (primary N) is 1. The molecule has 2 nitrogen and oxygen atoms in total. The summed E-state index contributed by atoms with van der Waals surface area (Å²) in [5, 5.41) is 9.64. The summed E-state index contributed by atoms with van der Waals surface area (Å²) in [5.74, 6) is 0.134. The average Bonchev–Trinajstić information content (AvgIpc) is 2.17. The van der Waals surface area contributed by atoms with Crippen LogP contribution in [0.3, 0.4) is 0 Å². The molecule has 0 aromatic heterocycles. The van der Waals surface area contributed by atoms with E-state index in [2.05, 4.69) is 0 Å². The van der Waals surface area contributed by atoms with E-state index in [0.717, 1.165) is 12.0 Å². The molecule has 14 heavy (non-hydrogen) atoms. The predicted octanol–water partition coefficient (Wildman–Crippen LogP) is 2.35. The zero-order chi connectivity index (χ0) is 9.84. The second-order valence-electron chi connectivity index (χ2n) is 2.97. The van der Waals surface area contributed by atoms with Crippen molar-refractivity contribution < 1.29 is 9.50 Å². The molecule has 0 fully saturated rings. The summed E-state index contributed by atoms with van der Waals surface area (Å²) in [6.07, 6.45) is 0.721. The van der Waals surface area contributed by atoms with E-state index < -0.39 is 12.7 Å². The lowest BCUT2D eigenvalue weighted by molar-refractivity contribution is 0.412. The summed E-state index contributed by atoms with van der Waals surface area (Å²) in [5.41, 5.74) is 6.78. The smallest absolute Gasteiger partial charge is 0.123 e. The van der Waals surface area contributed by atoms with Gasteiger partial charge in [-0.25, -0.2) is 4.39 Å². The first-order chi connectivity index (χ1) is 6.20. The number of hydrogen-bond acceptors (Lipinski definition) is 2. The van der Waals surface area contributed by atoms with Crippen LogP contribution in [0, 0.1) is 0 Å². The van der Waals surface area contributed by atoms with Crippen LogP contribution in [-0.4, -0.2) is 11.8 Å². The van der Waals surface area contributed by atoms with Crippen LogP contribution >= 0.6 is 12.4 Å². The van der Waals surface area contributed by atoms with Gasteiger partial charge < -0.3 is 10.8 Å². The molecule has 0 aliphatic carbocycles. The van der Waals surface area contributed by atoms with E-state index in [1.165, 1.54) is 0 Å². The number of rotatable bonds is 3. The van der Waals surface area contributed by atoms with Crippen LogP contribution < -0.4 is 5.73 Å². The fourth-order valence-corrected chi connectivity index (χ4v) is 1.28. The highest BCUT2D eigenvalue weighted by Crippen LogP contribution is 2.27. The third kappa shape index (κ3) is 2.59. The van der Waals surface area contributed by atoms with Crippen molar-refractivity contribution in [3.63, 3.8) is 0 Å². The van der Waals surface area contributed by atoms with Crippen molar-refractivity contribution in [1.29, 1.82) is 0 Å². The van der Waals surface area contributed by atoms with Crippen LogP contribution in [-0.2, 0) is 6.42 Å². The minimum absolute atomic E-state index is 0. The molecule has 0 amide bonds. The van der Waals surface area contributed by atoms with Crippen LogP contribution in [0.1, 0.15) is 24.1 Å². The van der Waals surface area contributed by atoms with Crippen LogP contribution in [0.5, 0.6) is 5.75 Å². The van der Waals surface area contributed by atoms with Gasteiger partial charge in [-0.2, -0.15) is 0 Å². The van der Waals surface area contributed by atoms with Crippen molar-refractivity contribution >= 4 is 12.4 Å². The lowest BCUT2D eigenvalue weighted by atomic mass is 10.0. The second-order valence-corrected chi connectivity index (χ2v) is 2.97. The van der Waals surface area contributed by atoms with Gasteiger partial charge in [0.05, 0.1) is 6.04 Å². The molecule has 0 radical (unpaired) electrons. The fourth-order valence-electron chi connectivity index (χ4n) is 1.28. The Kier molecular flexibility index (Phi) is 5.50. The number of aryl methyl sites for hydroxylation is 1. The Morgan fingerprint density at radius 2 is 2.14 bits per heavy atom.